The Balaban J connectivity index is 1.37. The molecule has 0 unspecified atom stereocenters. The molecule has 3 heterocycles. The van der Waals surface area contributed by atoms with Gasteiger partial charge in [-0.25, -0.2) is 28.3 Å². The van der Waals surface area contributed by atoms with Crippen LogP contribution in [0.25, 0.3) is 33.7 Å². The van der Waals surface area contributed by atoms with Crippen LogP contribution in [-0.2, 0) is 4.74 Å². The number of methoxy groups -OCH3 is 1. The highest BCUT2D eigenvalue weighted by molar-refractivity contribution is 6.33. The molecule has 1 aliphatic rings. The van der Waals surface area contributed by atoms with Crippen LogP contribution in [0, 0.1) is 0 Å². The summed E-state index contributed by atoms with van der Waals surface area (Å²) in [6.45, 7) is -1.22. The SMILES string of the molecule is COC(=O)Nc1ccc(-c2cnc3nc(-c4cc(NC(=O)N5CC(F)(F)C5)ccc4Cl)[nH]c3c2)cc1. The van der Waals surface area contributed by atoms with Crippen molar-refractivity contribution in [3.63, 3.8) is 0 Å². The van der Waals surface area contributed by atoms with Crippen molar-refractivity contribution in [1.82, 2.24) is 19.9 Å². The number of rotatable bonds is 4. The second kappa shape index (κ2) is 9.08. The number of urea groups is 1. The lowest BCUT2D eigenvalue weighted by molar-refractivity contribution is -0.107. The molecular formula is C24H19ClF2N6O3. The summed E-state index contributed by atoms with van der Waals surface area (Å²) >= 11 is 6.38. The fraction of sp³-hybridized carbons (Fsp3) is 0.167. The highest BCUT2D eigenvalue weighted by atomic mass is 35.5. The van der Waals surface area contributed by atoms with Gasteiger partial charge in [0.15, 0.2) is 5.65 Å². The first-order valence-corrected chi connectivity index (χ1v) is 11.1. The molecule has 3 amide bonds. The molecule has 5 rings (SSSR count). The van der Waals surface area contributed by atoms with Gasteiger partial charge in [-0.15, -0.1) is 0 Å². The van der Waals surface area contributed by atoms with Crippen LogP contribution in [-0.4, -0.2) is 58.1 Å². The molecule has 9 nitrogen and oxygen atoms in total. The number of nitrogens with one attached hydrogen (secondary N) is 3. The fourth-order valence-corrected chi connectivity index (χ4v) is 3.95. The van der Waals surface area contributed by atoms with E-state index in [-0.39, 0.29) is 0 Å². The van der Waals surface area contributed by atoms with E-state index < -0.39 is 31.1 Å². The van der Waals surface area contributed by atoms with E-state index in [0.717, 1.165) is 16.0 Å². The number of aromatic amines is 1. The molecule has 0 aliphatic carbocycles. The van der Waals surface area contributed by atoms with Gasteiger partial charge in [-0.05, 0) is 42.0 Å². The van der Waals surface area contributed by atoms with Crippen LogP contribution >= 0.6 is 11.6 Å². The summed E-state index contributed by atoms with van der Waals surface area (Å²) in [6.07, 6.45) is 1.12. The number of aromatic nitrogens is 3. The number of benzene rings is 2. The fourth-order valence-electron chi connectivity index (χ4n) is 3.74. The van der Waals surface area contributed by atoms with Crippen LogP contribution in [0.2, 0.25) is 5.02 Å². The number of alkyl halides is 2. The van der Waals surface area contributed by atoms with Crippen LogP contribution in [0.4, 0.5) is 29.7 Å². The van der Waals surface area contributed by atoms with Crippen LogP contribution in [0.1, 0.15) is 0 Å². The van der Waals surface area contributed by atoms with E-state index in [1.165, 1.54) is 7.11 Å². The van der Waals surface area contributed by atoms with Gasteiger partial charge in [0.2, 0.25) is 0 Å². The van der Waals surface area contributed by atoms with Crippen molar-refractivity contribution in [3.05, 3.63) is 59.8 Å². The Morgan fingerprint density at radius 2 is 1.78 bits per heavy atom. The second-order valence-corrected chi connectivity index (χ2v) is 8.62. The molecule has 1 saturated heterocycles. The summed E-state index contributed by atoms with van der Waals surface area (Å²) in [5, 5.41) is 5.58. The molecule has 0 radical (unpaired) electrons. The highest BCUT2D eigenvalue weighted by Gasteiger charge is 2.46. The van der Waals surface area contributed by atoms with E-state index in [1.807, 2.05) is 18.2 Å². The lowest BCUT2D eigenvalue weighted by atomic mass is 10.1. The van der Waals surface area contributed by atoms with Gasteiger partial charge < -0.3 is 19.9 Å². The zero-order chi connectivity index (χ0) is 25.4. The third-order valence-corrected chi connectivity index (χ3v) is 5.92. The first-order valence-electron chi connectivity index (χ1n) is 10.8. The predicted molar refractivity (Wildman–Crippen MR) is 131 cm³/mol. The summed E-state index contributed by atoms with van der Waals surface area (Å²) in [4.78, 5) is 36.7. The topological polar surface area (TPSA) is 112 Å². The van der Waals surface area contributed by atoms with Crippen LogP contribution < -0.4 is 10.6 Å². The molecule has 1 aliphatic heterocycles. The summed E-state index contributed by atoms with van der Waals surface area (Å²) < 4.78 is 30.7. The smallest absolute Gasteiger partial charge is 0.411 e. The van der Waals surface area contributed by atoms with Crippen molar-refractivity contribution < 1.29 is 23.1 Å². The van der Waals surface area contributed by atoms with Gasteiger partial charge in [-0.1, -0.05) is 23.7 Å². The minimum atomic E-state index is -2.84. The van der Waals surface area contributed by atoms with E-state index in [9.17, 15) is 18.4 Å². The van der Waals surface area contributed by atoms with Gasteiger partial charge in [-0.2, -0.15) is 0 Å². The number of pyridine rings is 1. The largest absolute Gasteiger partial charge is 0.453 e. The molecule has 2 aromatic heterocycles. The first kappa shape index (κ1) is 23.5. The van der Waals surface area contributed by atoms with E-state index in [4.69, 9.17) is 11.6 Å². The van der Waals surface area contributed by atoms with Gasteiger partial charge >= 0.3 is 12.1 Å². The monoisotopic (exact) mass is 512 g/mol. The number of fused-ring (bicyclic) bond motifs is 1. The molecule has 0 spiro atoms. The maximum absolute atomic E-state index is 13.1. The first-order chi connectivity index (χ1) is 17.2. The van der Waals surface area contributed by atoms with Crippen LogP contribution in [0.3, 0.4) is 0 Å². The normalized spacial score (nSPS) is 14.3. The van der Waals surface area contributed by atoms with Crippen LogP contribution in [0.5, 0.6) is 0 Å². The maximum Gasteiger partial charge on any atom is 0.411 e. The second-order valence-electron chi connectivity index (χ2n) is 8.21. The van der Waals surface area contributed by atoms with E-state index in [2.05, 4.69) is 30.3 Å². The van der Waals surface area contributed by atoms with Gasteiger partial charge in [-0.3, -0.25) is 5.32 Å². The number of halogens is 3. The maximum atomic E-state index is 13.1. The zero-order valence-corrected chi connectivity index (χ0v) is 19.6. The Bertz CT molecular complexity index is 1470. The molecule has 0 atom stereocenters. The number of hydrogen-bond donors (Lipinski definition) is 3. The molecule has 0 bridgehead atoms. The molecule has 12 heteroatoms. The van der Waals surface area contributed by atoms with Crippen molar-refractivity contribution in [2.75, 3.05) is 30.8 Å². The number of amides is 3. The molecular weight excluding hydrogens is 494 g/mol. The third kappa shape index (κ3) is 4.78. The number of likely N-dealkylation sites (tertiary alicyclic amines) is 1. The predicted octanol–water partition coefficient (Wildman–Crippen LogP) is 5.61. The molecule has 3 N–H and O–H groups in total. The van der Waals surface area contributed by atoms with Gasteiger partial charge in [0.1, 0.15) is 5.82 Å². The lowest BCUT2D eigenvalue weighted by Gasteiger charge is -2.38. The summed E-state index contributed by atoms with van der Waals surface area (Å²) in [7, 11) is 1.29. The molecule has 184 valence electrons. The molecule has 2 aromatic carbocycles. The molecule has 36 heavy (non-hydrogen) atoms. The summed E-state index contributed by atoms with van der Waals surface area (Å²) in [5.74, 6) is -2.41. The Morgan fingerprint density at radius 3 is 2.47 bits per heavy atom. The van der Waals surface area contributed by atoms with E-state index in [0.29, 0.717) is 38.9 Å². The number of hydrogen-bond acceptors (Lipinski definition) is 5. The summed E-state index contributed by atoms with van der Waals surface area (Å²) in [5.41, 5.74) is 4.31. The standard InChI is InChI=1S/C24H19ClF2N6O3/c1-36-23(35)30-15-4-2-13(3-5-15)14-8-19-21(28-10-14)32-20(31-19)17-9-16(6-7-18(17)25)29-22(34)33-11-24(26,27)12-33/h2-10H,11-12H2,1H3,(H,29,34)(H,30,35)(H,28,31,32). The average molecular weight is 513 g/mol. The minimum absolute atomic E-state index is 0.386. The lowest BCUT2D eigenvalue weighted by Crippen LogP contribution is -2.59. The number of H-pyrrole nitrogens is 1. The van der Waals surface area contributed by atoms with Crippen molar-refractivity contribution in [2.24, 2.45) is 0 Å². The minimum Gasteiger partial charge on any atom is -0.453 e. The number of nitrogens with zero attached hydrogens (tertiary/aromatic N) is 3. The Kier molecular flexibility index (Phi) is 5.92. The van der Waals surface area contributed by atoms with Crippen LogP contribution in [0.15, 0.2) is 54.7 Å². The average Bonchev–Trinajstić information content (AvgIpc) is 3.27. The molecule has 0 saturated carbocycles. The number of carbonyl (C=O) groups excluding carboxylic acids is 2. The third-order valence-electron chi connectivity index (χ3n) is 5.59. The number of ether oxygens (including phenoxy) is 1. The van der Waals surface area contributed by atoms with Crippen molar-refractivity contribution in [3.8, 4) is 22.5 Å². The highest BCUT2D eigenvalue weighted by Crippen LogP contribution is 2.32. The van der Waals surface area contributed by atoms with Gasteiger partial charge in [0, 0.05) is 28.7 Å². The number of anilines is 2. The van der Waals surface area contributed by atoms with Crippen molar-refractivity contribution in [1.29, 1.82) is 0 Å². The molecule has 4 aromatic rings. The summed E-state index contributed by atoms with van der Waals surface area (Å²) in [6, 6.07) is 13.2. The van der Waals surface area contributed by atoms with Crippen molar-refractivity contribution in [2.45, 2.75) is 5.92 Å². The van der Waals surface area contributed by atoms with E-state index >= 15 is 0 Å². The molecule has 1 fully saturated rings. The quantitative estimate of drug-likeness (QED) is 0.329. The van der Waals surface area contributed by atoms with Crippen molar-refractivity contribution >= 4 is 46.3 Å². The Labute approximate surface area is 208 Å². The Hall–Kier alpha value is -4.25. The Morgan fingerprint density at radius 1 is 1.06 bits per heavy atom. The van der Waals surface area contributed by atoms with Gasteiger partial charge in [0.25, 0.3) is 5.92 Å². The number of imidazole rings is 1. The van der Waals surface area contributed by atoms with Gasteiger partial charge in [0.05, 0.1) is 30.7 Å². The van der Waals surface area contributed by atoms with E-state index in [1.54, 1.807) is 36.5 Å². The zero-order valence-electron chi connectivity index (χ0n) is 18.8. The number of carbonyl (C=O) groups is 2.